The Bertz CT molecular complexity index is 1210. The van der Waals surface area contributed by atoms with Gasteiger partial charge in [0.2, 0.25) is 0 Å². The Morgan fingerprint density at radius 1 is 1.03 bits per heavy atom. The highest BCUT2D eigenvalue weighted by Crippen LogP contribution is 2.36. The van der Waals surface area contributed by atoms with Crippen LogP contribution in [0.3, 0.4) is 0 Å². The van der Waals surface area contributed by atoms with E-state index in [1.165, 1.54) is 7.11 Å². The van der Waals surface area contributed by atoms with E-state index in [1.54, 1.807) is 48.5 Å². The normalized spacial score (nSPS) is 14.6. The highest BCUT2D eigenvalue weighted by molar-refractivity contribution is 9.10. The summed E-state index contributed by atoms with van der Waals surface area (Å²) in [6, 6.07) is 19.1. The SMILES string of the molecule is COc1cc(/C=C2/NC(=O)N(c3ccccc3)C2=O)c(Br)cc1OCc1ccccc1Cl. The number of para-hydroxylation sites is 1. The number of ether oxygens (including phenoxy) is 2. The molecule has 0 bridgehead atoms. The largest absolute Gasteiger partial charge is 0.493 e. The van der Waals surface area contributed by atoms with Crippen molar-refractivity contribution in [1.82, 2.24) is 5.32 Å². The van der Waals surface area contributed by atoms with Gasteiger partial charge in [-0.1, -0.05) is 63.9 Å². The highest BCUT2D eigenvalue weighted by atomic mass is 79.9. The monoisotopic (exact) mass is 512 g/mol. The summed E-state index contributed by atoms with van der Waals surface area (Å²) in [5.74, 6) is 0.545. The molecule has 3 aromatic rings. The van der Waals surface area contributed by atoms with Gasteiger partial charge in [-0.3, -0.25) is 4.79 Å². The van der Waals surface area contributed by atoms with E-state index in [2.05, 4.69) is 21.2 Å². The first-order valence-corrected chi connectivity index (χ1v) is 10.8. The van der Waals surface area contributed by atoms with Crippen molar-refractivity contribution in [2.24, 2.45) is 0 Å². The molecule has 0 aliphatic carbocycles. The summed E-state index contributed by atoms with van der Waals surface area (Å²) in [6.07, 6.45) is 1.59. The minimum atomic E-state index is -0.504. The van der Waals surface area contributed by atoms with Crippen molar-refractivity contribution in [3.05, 3.63) is 93.0 Å². The lowest BCUT2D eigenvalue weighted by Crippen LogP contribution is -2.30. The van der Waals surface area contributed by atoms with Crippen LogP contribution in [0.4, 0.5) is 10.5 Å². The van der Waals surface area contributed by atoms with E-state index < -0.39 is 11.9 Å². The van der Waals surface area contributed by atoms with Crippen LogP contribution in [0.1, 0.15) is 11.1 Å². The summed E-state index contributed by atoms with van der Waals surface area (Å²) in [5.41, 5.74) is 2.15. The summed E-state index contributed by atoms with van der Waals surface area (Å²) < 4.78 is 12.0. The van der Waals surface area contributed by atoms with E-state index in [4.69, 9.17) is 21.1 Å². The second-order valence-electron chi connectivity index (χ2n) is 6.87. The fraction of sp³-hybridized carbons (Fsp3) is 0.0833. The number of rotatable bonds is 6. The van der Waals surface area contributed by atoms with Crippen molar-refractivity contribution < 1.29 is 19.1 Å². The lowest BCUT2D eigenvalue weighted by atomic mass is 10.1. The van der Waals surface area contributed by atoms with Crippen LogP contribution in [-0.4, -0.2) is 19.0 Å². The Balaban J connectivity index is 1.59. The maximum Gasteiger partial charge on any atom is 0.333 e. The average molecular weight is 514 g/mol. The fourth-order valence-electron chi connectivity index (χ4n) is 3.21. The molecule has 3 amide bonds. The summed E-state index contributed by atoms with van der Waals surface area (Å²) >= 11 is 9.71. The number of benzene rings is 3. The van der Waals surface area contributed by atoms with Gasteiger partial charge in [-0.25, -0.2) is 9.69 Å². The van der Waals surface area contributed by atoms with Crippen molar-refractivity contribution in [2.75, 3.05) is 12.0 Å². The first-order chi connectivity index (χ1) is 15.5. The van der Waals surface area contributed by atoms with E-state index in [-0.39, 0.29) is 12.3 Å². The molecule has 1 aliphatic rings. The zero-order chi connectivity index (χ0) is 22.7. The minimum absolute atomic E-state index is 0.159. The molecule has 0 aromatic heterocycles. The molecule has 0 spiro atoms. The number of nitrogens with one attached hydrogen (secondary N) is 1. The third kappa shape index (κ3) is 4.49. The number of methoxy groups -OCH3 is 1. The first-order valence-electron chi connectivity index (χ1n) is 9.64. The molecule has 1 saturated heterocycles. The van der Waals surface area contributed by atoms with Gasteiger partial charge in [0.1, 0.15) is 12.3 Å². The summed E-state index contributed by atoms with van der Waals surface area (Å²) in [4.78, 5) is 26.3. The molecular weight excluding hydrogens is 496 g/mol. The van der Waals surface area contributed by atoms with Crippen LogP contribution in [-0.2, 0) is 11.4 Å². The molecule has 6 nitrogen and oxygen atoms in total. The lowest BCUT2D eigenvalue weighted by Gasteiger charge is -2.14. The van der Waals surface area contributed by atoms with Crippen molar-refractivity contribution in [1.29, 1.82) is 0 Å². The van der Waals surface area contributed by atoms with Crippen LogP contribution in [0.15, 0.2) is 76.9 Å². The van der Waals surface area contributed by atoms with Gasteiger partial charge in [0, 0.05) is 15.1 Å². The van der Waals surface area contributed by atoms with Crippen LogP contribution in [0.5, 0.6) is 11.5 Å². The fourth-order valence-corrected chi connectivity index (χ4v) is 3.83. The molecule has 1 heterocycles. The molecule has 32 heavy (non-hydrogen) atoms. The average Bonchev–Trinajstić information content (AvgIpc) is 3.08. The van der Waals surface area contributed by atoms with Crippen molar-refractivity contribution in [2.45, 2.75) is 6.61 Å². The van der Waals surface area contributed by atoms with Crippen LogP contribution in [0.25, 0.3) is 6.08 Å². The second-order valence-corrected chi connectivity index (χ2v) is 8.13. The topological polar surface area (TPSA) is 67.9 Å². The zero-order valence-electron chi connectivity index (χ0n) is 17.0. The number of imide groups is 1. The number of nitrogens with zero attached hydrogens (tertiary/aromatic N) is 1. The molecule has 1 fully saturated rings. The standard InChI is InChI=1S/C24H18BrClN2O4/c1-31-21-12-16(18(25)13-22(21)32-14-15-7-5-6-10-19(15)26)11-20-23(29)28(24(30)27-20)17-8-3-2-4-9-17/h2-13H,14H2,1H3,(H,27,30)/b20-11+. The van der Waals surface area contributed by atoms with Crippen LogP contribution in [0.2, 0.25) is 5.02 Å². The van der Waals surface area contributed by atoms with Crippen molar-refractivity contribution in [3.8, 4) is 11.5 Å². The first kappa shape index (κ1) is 21.9. The lowest BCUT2D eigenvalue weighted by molar-refractivity contribution is -0.113. The minimum Gasteiger partial charge on any atom is -0.493 e. The van der Waals surface area contributed by atoms with Crippen molar-refractivity contribution in [3.63, 3.8) is 0 Å². The predicted octanol–water partition coefficient (Wildman–Crippen LogP) is 5.79. The Hall–Kier alpha value is -3.29. The third-order valence-electron chi connectivity index (χ3n) is 4.82. The third-order valence-corrected chi connectivity index (χ3v) is 5.87. The summed E-state index contributed by atoms with van der Waals surface area (Å²) in [7, 11) is 1.53. The molecule has 3 aromatic carbocycles. The molecule has 162 valence electrons. The molecule has 0 saturated carbocycles. The Labute approximate surface area is 198 Å². The number of hydrogen-bond donors (Lipinski definition) is 1. The number of halogens is 2. The molecule has 4 rings (SSSR count). The van der Waals surface area contributed by atoms with E-state index in [1.807, 2.05) is 24.3 Å². The maximum atomic E-state index is 12.8. The quantitative estimate of drug-likeness (QED) is 0.335. The number of hydrogen-bond acceptors (Lipinski definition) is 4. The van der Waals surface area contributed by atoms with Gasteiger partial charge in [-0.15, -0.1) is 0 Å². The number of carbonyl (C=O) groups excluding carboxylic acids is 2. The molecule has 0 atom stereocenters. The van der Waals surface area contributed by atoms with E-state index in [0.717, 1.165) is 10.5 Å². The number of urea groups is 1. The predicted molar refractivity (Wildman–Crippen MR) is 127 cm³/mol. The van der Waals surface area contributed by atoms with Gasteiger partial charge in [-0.05, 0) is 42.0 Å². The Morgan fingerprint density at radius 3 is 2.47 bits per heavy atom. The van der Waals surface area contributed by atoms with Crippen LogP contribution in [0, 0.1) is 0 Å². The van der Waals surface area contributed by atoms with Crippen molar-refractivity contribution >= 4 is 51.2 Å². The zero-order valence-corrected chi connectivity index (χ0v) is 19.3. The van der Waals surface area contributed by atoms with Crippen LogP contribution < -0.4 is 19.7 Å². The molecule has 0 unspecified atom stereocenters. The molecular formula is C24H18BrClN2O4. The number of anilines is 1. The highest BCUT2D eigenvalue weighted by Gasteiger charge is 2.34. The van der Waals surface area contributed by atoms with E-state index >= 15 is 0 Å². The van der Waals surface area contributed by atoms with Gasteiger partial charge in [-0.2, -0.15) is 0 Å². The Morgan fingerprint density at radius 2 is 1.75 bits per heavy atom. The Kier molecular flexibility index (Phi) is 6.48. The van der Waals surface area contributed by atoms with Gasteiger partial charge < -0.3 is 14.8 Å². The smallest absolute Gasteiger partial charge is 0.333 e. The maximum absolute atomic E-state index is 12.8. The van der Waals surface area contributed by atoms with Gasteiger partial charge in [0.25, 0.3) is 5.91 Å². The molecule has 1 N–H and O–H groups in total. The summed E-state index contributed by atoms with van der Waals surface area (Å²) in [5, 5.41) is 3.24. The van der Waals surface area contributed by atoms with E-state index in [0.29, 0.717) is 32.2 Å². The van der Waals surface area contributed by atoms with E-state index in [9.17, 15) is 9.59 Å². The summed E-state index contributed by atoms with van der Waals surface area (Å²) in [6.45, 7) is 0.267. The number of amides is 3. The van der Waals surface area contributed by atoms with Gasteiger partial charge >= 0.3 is 6.03 Å². The van der Waals surface area contributed by atoms with Gasteiger partial charge in [0.15, 0.2) is 11.5 Å². The van der Waals surface area contributed by atoms with Gasteiger partial charge in [0.05, 0.1) is 12.8 Å². The second kappa shape index (κ2) is 9.46. The number of carbonyl (C=O) groups is 2. The molecule has 0 radical (unpaired) electrons. The molecule has 8 heteroatoms. The van der Waals surface area contributed by atoms with Crippen LogP contribution >= 0.6 is 27.5 Å². The molecule has 1 aliphatic heterocycles.